The van der Waals surface area contributed by atoms with E-state index in [1.54, 1.807) is 6.92 Å². The Balaban J connectivity index is 2.03. The Morgan fingerprint density at radius 2 is 1.91 bits per heavy atom. The summed E-state index contributed by atoms with van der Waals surface area (Å²) in [6.45, 7) is 9.55. The minimum absolute atomic E-state index is 0.0379. The van der Waals surface area contributed by atoms with Crippen LogP contribution in [0.2, 0.25) is 0 Å². The zero-order valence-electron chi connectivity index (χ0n) is 13.4. The number of thiophene rings is 1. The molecule has 0 radical (unpaired) electrons. The van der Waals surface area contributed by atoms with Crippen molar-refractivity contribution in [1.29, 1.82) is 0 Å². The van der Waals surface area contributed by atoms with Gasteiger partial charge in [0.15, 0.2) is 0 Å². The van der Waals surface area contributed by atoms with Gasteiger partial charge in [-0.05, 0) is 37.7 Å². The lowest BCUT2D eigenvalue weighted by Gasteiger charge is -2.34. The molecule has 3 rings (SSSR count). The van der Waals surface area contributed by atoms with Gasteiger partial charge in [0.05, 0.1) is 10.3 Å². The van der Waals surface area contributed by atoms with E-state index >= 15 is 0 Å². The highest BCUT2D eigenvalue weighted by atomic mass is 32.1. The predicted octanol–water partition coefficient (Wildman–Crippen LogP) is 2.72. The molecule has 1 saturated heterocycles. The second kappa shape index (κ2) is 5.50. The number of aromatic amines is 1. The topological polar surface area (TPSA) is 66.1 Å². The molecule has 22 heavy (non-hydrogen) atoms. The van der Waals surface area contributed by atoms with E-state index in [0.29, 0.717) is 32.8 Å². The van der Waals surface area contributed by atoms with E-state index in [9.17, 15) is 9.59 Å². The van der Waals surface area contributed by atoms with Crippen molar-refractivity contribution >= 4 is 27.5 Å². The number of rotatable bonds is 1. The fourth-order valence-corrected chi connectivity index (χ4v) is 4.62. The normalized spacial score (nSPS) is 22.3. The summed E-state index contributed by atoms with van der Waals surface area (Å²) in [5, 5.41) is 0.553. The van der Waals surface area contributed by atoms with Gasteiger partial charge in [0.25, 0.3) is 11.5 Å². The first kappa shape index (κ1) is 15.2. The molecular formula is C16H21N3O2S. The van der Waals surface area contributed by atoms with Crippen LogP contribution < -0.4 is 5.56 Å². The Labute approximate surface area is 133 Å². The third kappa shape index (κ3) is 2.56. The van der Waals surface area contributed by atoms with Crippen LogP contribution >= 0.6 is 11.3 Å². The Bertz CT molecular complexity index is 783. The van der Waals surface area contributed by atoms with Crippen LogP contribution in [0.4, 0.5) is 0 Å². The number of piperidine rings is 1. The van der Waals surface area contributed by atoms with Crippen molar-refractivity contribution in [2.24, 2.45) is 11.8 Å². The highest BCUT2D eigenvalue weighted by Gasteiger charge is 2.29. The SMILES string of the molecule is Cc1nc2sc(C(=O)N3CC(C)CC(C)C3)c(C)c2c(=O)[nH]1. The number of amides is 1. The Kier molecular flexibility index (Phi) is 3.80. The molecule has 2 atom stereocenters. The van der Waals surface area contributed by atoms with Crippen molar-refractivity contribution in [2.75, 3.05) is 13.1 Å². The monoisotopic (exact) mass is 319 g/mol. The van der Waals surface area contributed by atoms with Crippen LogP contribution in [0, 0.1) is 25.7 Å². The van der Waals surface area contributed by atoms with Crippen LogP contribution in [0.15, 0.2) is 4.79 Å². The van der Waals surface area contributed by atoms with E-state index in [0.717, 1.165) is 25.1 Å². The van der Waals surface area contributed by atoms with E-state index in [4.69, 9.17) is 0 Å². The summed E-state index contributed by atoms with van der Waals surface area (Å²) >= 11 is 1.33. The molecule has 2 unspecified atom stereocenters. The maximum absolute atomic E-state index is 12.9. The quantitative estimate of drug-likeness (QED) is 0.879. The zero-order chi connectivity index (χ0) is 16.0. The van der Waals surface area contributed by atoms with Gasteiger partial charge in [0.2, 0.25) is 0 Å². The number of likely N-dealkylation sites (tertiary alicyclic amines) is 1. The number of H-pyrrole nitrogens is 1. The molecule has 0 spiro atoms. The van der Waals surface area contributed by atoms with Crippen molar-refractivity contribution in [2.45, 2.75) is 34.1 Å². The average Bonchev–Trinajstić information content (AvgIpc) is 2.73. The number of hydrogen-bond acceptors (Lipinski definition) is 4. The van der Waals surface area contributed by atoms with Crippen LogP contribution in [0.1, 0.15) is 41.3 Å². The summed E-state index contributed by atoms with van der Waals surface area (Å²) in [5.41, 5.74) is 0.598. The fourth-order valence-electron chi connectivity index (χ4n) is 3.43. The molecule has 1 fully saturated rings. The van der Waals surface area contributed by atoms with Crippen molar-refractivity contribution in [3.63, 3.8) is 0 Å². The molecule has 3 heterocycles. The van der Waals surface area contributed by atoms with Crippen molar-refractivity contribution in [1.82, 2.24) is 14.9 Å². The largest absolute Gasteiger partial charge is 0.337 e. The van der Waals surface area contributed by atoms with E-state index in [-0.39, 0.29) is 11.5 Å². The van der Waals surface area contributed by atoms with Gasteiger partial charge in [-0.2, -0.15) is 0 Å². The standard InChI is InChI=1S/C16H21N3O2S/c1-8-5-9(2)7-19(6-8)16(21)13-10(3)12-14(20)17-11(4)18-15(12)22-13/h8-9H,5-7H2,1-4H3,(H,17,18,20). The van der Waals surface area contributed by atoms with Gasteiger partial charge in [-0.15, -0.1) is 11.3 Å². The average molecular weight is 319 g/mol. The van der Waals surface area contributed by atoms with Crippen LogP contribution in [0.25, 0.3) is 10.2 Å². The van der Waals surface area contributed by atoms with Crippen LogP contribution in [0.3, 0.4) is 0 Å². The molecule has 2 aromatic heterocycles. The lowest BCUT2D eigenvalue weighted by molar-refractivity contribution is 0.0627. The van der Waals surface area contributed by atoms with Crippen molar-refractivity contribution in [3.05, 3.63) is 26.6 Å². The molecule has 0 aromatic carbocycles. The molecule has 2 aromatic rings. The number of hydrogen-bond donors (Lipinski definition) is 1. The Morgan fingerprint density at radius 1 is 1.27 bits per heavy atom. The van der Waals surface area contributed by atoms with E-state index in [1.165, 1.54) is 11.3 Å². The first-order valence-electron chi connectivity index (χ1n) is 7.66. The summed E-state index contributed by atoms with van der Waals surface area (Å²) in [6.07, 6.45) is 1.16. The van der Waals surface area contributed by atoms with Crippen molar-refractivity contribution < 1.29 is 4.79 Å². The van der Waals surface area contributed by atoms with Crippen LogP contribution in [-0.4, -0.2) is 33.9 Å². The van der Waals surface area contributed by atoms with E-state index < -0.39 is 0 Å². The summed E-state index contributed by atoms with van der Waals surface area (Å²) in [7, 11) is 0. The highest BCUT2D eigenvalue weighted by Crippen LogP contribution is 2.30. The molecule has 6 heteroatoms. The summed E-state index contributed by atoms with van der Waals surface area (Å²) in [5.74, 6) is 1.66. The Hall–Kier alpha value is -1.69. The van der Waals surface area contributed by atoms with Gasteiger partial charge >= 0.3 is 0 Å². The number of nitrogens with zero attached hydrogens (tertiary/aromatic N) is 2. The minimum atomic E-state index is -0.157. The maximum atomic E-state index is 12.9. The van der Waals surface area contributed by atoms with Gasteiger partial charge in [0, 0.05) is 13.1 Å². The molecule has 0 bridgehead atoms. The molecule has 0 aliphatic carbocycles. The predicted molar refractivity (Wildman–Crippen MR) is 88.6 cm³/mol. The molecular weight excluding hydrogens is 298 g/mol. The minimum Gasteiger partial charge on any atom is -0.337 e. The van der Waals surface area contributed by atoms with Gasteiger partial charge in [-0.3, -0.25) is 9.59 Å². The number of nitrogens with one attached hydrogen (secondary N) is 1. The van der Waals surface area contributed by atoms with Crippen LogP contribution in [0.5, 0.6) is 0 Å². The number of aromatic nitrogens is 2. The third-order valence-corrected chi connectivity index (χ3v) is 5.44. The first-order chi connectivity index (χ1) is 10.4. The van der Waals surface area contributed by atoms with Gasteiger partial charge in [-0.25, -0.2) is 4.98 Å². The summed E-state index contributed by atoms with van der Waals surface area (Å²) in [6, 6.07) is 0. The zero-order valence-corrected chi connectivity index (χ0v) is 14.2. The second-order valence-corrected chi connectivity index (χ2v) is 7.54. The lowest BCUT2D eigenvalue weighted by Crippen LogP contribution is -2.42. The Morgan fingerprint density at radius 3 is 2.55 bits per heavy atom. The number of fused-ring (bicyclic) bond motifs is 1. The first-order valence-corrected chi connectivity index (χ1v) is 8.47. The fraction of sp³-hybridized carbons (Fsp3) is 0.562. The molecule has 5 nitrogen and oxygen atoms in total. The van der Waals surface area contributed by atoms with Gasteiger partial charge in [-0.1, -0.05) is 13.8 Å². The molecule has 0 saturated carbocycles. The summed E-state index contributed by atoms with van der Waals surface area (Å²) in [4.78, 5) is 35.3. The molecule has 1 amide bonds. The molecule has 1 aliphatic heterocycles. The smallest absolute Gasteiger partial charge is 0.264 e. The highest BCUT2D eigenvalue weighted by molar-refractivity contribution is 7.20. The molecule has 1 aliphatic rings. The van der Waals surface area contributed by atoms with E-state index in [2.05, 4.69) is 23.8 Å². The van der Waals surface area contributed by atoms with Gasteiger partial charge in [0.1, 0.15) is 10.7 Å². The number of carbonyl (C=O) groups is 1. The molecule has 118 valence electrons. The van der Waals surface area contributed by atoms with Crippen molar-refractivity contribution in [3.8, 4) is 0 Å². The number of aryl methyl sites for hydroxylation is 2. The lowest BCUT2D eigenvalue weighted by atomic mass is 9.92. The van der Waals surface area contributed by atoms with E-state index in [1.807, 2.05) is 11.8 Å². The van der Waals surface area contributed by atoms with Gasteiger partial charge < -0.3 is 9.88 Å². The van der Waals surface area contributed by atoms with Crippen LogP contribution in [-0.2, 0) is 0 Å². The third-order valence-electron chi connectivity index (χ3n) is 4.27. The maximum Gasteiger partial charge on any atom is 0.264 e. The number of carbonyl (C=O) groups excluding carboxylic acids is 1. The molecule has 1 N–H and O–H groups in total. The summed E-state index contributed by atoms with van der Waals surface area (Å²) < 4.78 is 0. The second-order valence-electron chi connectivity index (χ2n) is 6.54.